The van der Waals surface area contributed by atoms with E-state index in [1.165, 1.54) is 12.1 Å². The molecule has 0 bridgehead atoms. The van der Waals surface area contributed by atoms with Gasteiger partial charge in [-0.25, -0.2) is 4.79 Å². The highest BCUT2D eigenvalue weighted by Gasteiger charge is 2.54. The Balaban J connectivity index is 1.64. The molecule has 0 atom stereocenters. The minimum absolute atomic E-state index is 0.0983. The second-order valence-electron chi connectivity index (χ2n) is 7.27. The number of nitrogens with zero attached hydrogens (tertiary/aromatic N) is 2. The summed E-state index contributed by atoms with van der Waals surface area (Å²) in [5, 5.41) is 16.5. The summed E-state index contributed by atoms with van der Waals surface area (Å²) in [6.07, 6.45) is 0. The molecule has 0 saturated carbocycles. The Morgan fingerprint density at radius 2 is 1.58 bits per heavy atom. The third kappa shape index (κ3) is 4.01. The summed E-state index contributed by atoms with van der Waals surface area (Å²) in [6, 6.07) is 20.4. The monoisotopic (exact) mass is 464 g/mol. The van der Waals surface area contributed by atoms with Crippen molar-refractivity contribution >= 4 is 40.8 Å². The van der Waals surface area contributed by atoms with Crippen LogP contribution < -0.4 is 10.6 Å². The molecule has 4 rings (SSSR count). The van der Waals surface area contributed by atoms with Crippen LogP contribution in [0.2, 0.25) is 5.02 Å². The molecule has 1 aliphatic rings. The smallest absolute Gasteiger partial charge is 0.319 e. The van der Waals surface area contributed by atoms with E-state index in [1.54, 1.807) is 60.7 Å². The van der Waals surface area contributed by atoms with Crippen LogP contribution in [0.4, 0.5) is 16.2 Å². The minimum atomic E-state index is -1.51. The number of carbonyl (C=O) groups is 3. The Hall–Kier alpha value is -4.24. The van der Waals surface area contributed by atoms with Crippen molar-refractivity contribution in [2.24, 2.45) is 0 Å². The van der Waals surface area contributed by atoms with Crippen LogP contribution in [0.3, 0.4) is 0 Å². The first kappa shape index (κ1) is 22.0. The molecule has 0 unspecified atom stereocenters. The normalized spacial score (nSPS) is 14.6. The Labute approximate surface area is 193 Å². The third-order valence-corrected chi connectivity index (χ3v) is 5.49. The number of urea groups is 1. The Kier molecular flexibility index (Phi) is 5.80. The summed E-state index contributed by atoms with van der Waals surface area (Å²) in [7, 11) is 0. The van der Waals surface area contributed by atoms with Gasteiger partial charge in [0.25, 0.3) is 11.6 Å². The van der Waals surface area contributed by atoms with Gasteiger partial charge < -0.3 is 10.6 Å². The van der Waals surface area contributed by atoms with E-state index in [9.17, 15) is 24.5 Å². The number of benzene rings is 3. The van der Waals surface area contributed by atoms with E-state index in [-0.39, 0.29) is 10.7 Å². The number of nitro benzene ring substituents is 1. The average Bonchev–Trinajstić information content (AvgIpc) is 3.07. The van der Waals surface area contributed by atoms with Gasteiger partial charge in [0.05, 0.1) is 4.92 Å². The molecule has 1 aliphatic heterocycles. The van der Waals surface area contributed by atoms with Gasteiger partial charge in [-0.1, -0.05) is 72.3 Å². The largest absolute Gasteiger partial charge is 0.326 e. The molecule has 4 amide bonds. The van der Waals surface area contributed by atoms with Crippen LogP contribution in [0.25, 0.3) is 0 Å². The number of nitro groups is 1. The van der Waals surface area contributed by atoms with Gasteiger partial charge in [-0.15, -0.1) is 0 Å². The molecule has 1 heterocycles. The zero-order valence-corrected chi connectivity index (χ0v) is 17.8. The second-order valence-corrected chi connectivity index (χ2v) is 7.71. The van der Waals surface area contributed by atoms with Crippen LogP contribution >= 0.6 is 11.6 Å². The Morgan fingerprint density at radius 3 is 2.12 bits per heavy atom. The van der Waals surface area contributed by atoms with Crippen molar-refractivity contribution in [2.75, 3.05) is 11.9 Å². The van der Waals surface area contributed by atoms with Crippen LogP contribution in [0.1, 0.15) is 11.1 Å². The number of anilines is 1. The zero-order valence-electron chi connectivity index (χ0n) is 17.0. The van der Waals surface area contributed by atoms with E-state index in [0.717, 1.165) is 11.0 Å². The number of hydrogen-bond donors (Lipinski definition) is 2. The molecule has 2 N–H and O–H groups in total. The maximum atomic E-state index is 13.6. The number of nitrogens with one attached hydrogen (secondary N) is 2. The summed E-state index contributed by atoms with van der Waals surface area (Å²) in [4.78, 5) is 50.5. The van der Waals surface area contributed by atoms with Gasteiger partial charge >= 0.3 is 6.03 Å². The van der Waals surface area contributed by atoms with Crippen LogP contribution in [-0.4, -0.2) is 34.2 Å². The van der Waals surface area contributed by atoms with Crippen molar-refractivity contribution in [1.29, 1.82) is 0 Å². The molecule has 0 spiro atoms. The molecule has 166 valence electrons. The molecule has 3 aromatic carbocycles. The summed E-state index contributed by atoms with van der Waals surface area (Å²) in [6.45, 7) is -0.633. The molecule has 1 saturated heterocycles. The summed E-state index contributed by atoms with van der Waals surface area (Å²) in [5.74, 6) is -1.41. The van der Waals surface area contributed by atoms with Gasteiger partial charge in [-0.2, -0.15) is 0 Å². The molecule has 0 radical (unpaired) electrons. The van der Waals surface area contributed by atoms with Gasteiger partial charge in [0, 0.05) is 11.1 Å². The van der Waals surface area contributed by atoms with Crippen LogP contribution in [0, 0.1) is 10.1 Å². The SMILES string of the molecule is O=C(CN1C(=O)NC(c2ccccc2)(c2ccccc2)C1=O)Nc1ccc(Cl)cc1[N+](=O)[O-]. The number of carbonyl (C=O) groups excluding carboxylic acids is 3. The summed E-state index contributed by atoms with van der Waals surface area (Å²) < 4.78 is 0. The van der Waals surface area contributed by atoms with Crippen molar-refractivity contribution in [1.82, 2.24) is 10.2 Å². The number of hydrogen-bond acceptors (Lipinski definition) is 5. The predicted octanol–water partition coefficient (Wildman–Crippen LogP) is 3.68. The first-order valence-electron chi connectivity index (χ1n) is 9.82. The Bertz CT molecular complexity index is 1210. The van der Waals surface area contributed by atoms with Crippen molar-refractivity contribution in [2.45, 2.75) is 5.54 Å². The third-order valence-electron chi connectivity index (χ3n) is 5.25. The highest BCUT2D eigenvalue weighted by Crippen LogP contribution is 2.36. The van der Waals surface area contributed by atoms with Crippen molar-refractivity contribution in [3.05, 3.63) is 105 Å². The van der Waals surface area contributed by atoms with Gasteiger partial charge in [0.2, 0.25) is 5.91 Å². The second kappa shape index (κ2) is 8.71. The fraction of sp³-hybridized carbons (Fsp3) is 0.0870. The van der Waals surface area contributed by atoms with Crippen LogP contribution in [0.5, 0.6) is 0 Å². The van der Waals surface area contributed by atoms with Gasteiger partial charge in [-0.3, -0.25) is 24.6 Å². The molecule has 9 nitrogen and oxygen atoms in total. The quantitative estimate of drug-likeness (QED) is 0.327. The van der Waals surface area contributed by atoms with E-state index < -0.39 is 40.5 Å². The van der Waals surface area contributed by atoms with E-state index in [0.29, 0.717) is 11.1 Å². The van der Waals surface area contributed by atoms with Crippen LogP contribution in [-0.2, 0) is 15.1 Å². The molecule has 33 heavy (non-hydrogen) atoms. The van der Waals surface area contributed by atoms with Gasteiger partial charge in [0.15, 0.2) is 5.54 Å². The van der Waals surface area contributed by atoms with Crippen molar-refractivity contribution in [3.63, 3.8) is 0 Å². The number of rotatable bonds is 6. The lowest BCUT2D eigenvalue weighted by molar-refractivity contribution is -0.383. The first-order chi connectivity index (χ1) is 15.8. The first-order valence-corrected chi connectivity index (χ1v) is 10.2. The molecule has 3 aromatic rings. The minimum Gasteiger partial charge on any atom is -0.319 e. The highest BCUT2D eigenvalue weighted by molar-refractivity contribution is 6.31. The fourth-order valence-corrected chi connectivity index (χ4v) is 3.92. The van der Waals surface area contributed by atoms with E-state index in [1.807, 2.05) is 0 Å². The summed E-state index contributed by atoms with van der Waals surface area (Å²) in [5.41, 5.74) is -0.946. The summed E-state index contributed by atoms with van der Waals surface area (Å²) >= 11 is 5.80. The van der Waals surface area contributed by atoms with Crippen molar-refractivity contribution < 1.29 is 19.3 Å². The van der Waals surface area contributed by atoms with Crippen molar-refractivity contribution in [3.8, 4) is 0 Å². The maximum absolute atomic E-state index is 13.6. The van der Waals surface area contributed by atoms with E-state index in [4.69, 9.17) is 11.6 Å². The standard InChI is InChI=1S/C23H17ClN4O5/c24-17-11-12-18(19(13-17)28(32)33)25-20(29)14-27-21(30)23(26-22(27)31,15-7-3-1-4-8-15)16-9-5-2-6-10-16/h1-13H,14H2,(H,25,29)(H,26,31). The lowest BCUT2D eigenvalue weighted by atomic mass is 9.82. The van der Waals surface area contributed by atoms with Crippen LogP contribution in [0.15, 0.2) is 78.9 Å². The zero-order chi connectivity index (χ0) is 23.6. The number of halogens is 1. The molecule has 1 fully saturated rings. The predicted molar refractivity (Wildman–Crippen MR) is 121 cm³/mol. The fourth-order valence-electron chi connectivity index (χ4n) is 3.75. The van der Waals surface area contributed by atoms with E-state index in [2.05, 4.69) is 10.6 Å². The molecular formula is C23H17ClN4O5. The molecular weight excluding hydrogens is 448 g/mol. The average molecular weight is 465 g/mol. The maximum Gasteiger partial charge on any atom is 0.326 e. The lowest BCUT2D eigenvalue weighted by Crippen LogP contribution is -2.45. The molecule has 0 aromatic heterocycles. The molecule has 0 aliphatic carbocycles. The number of amides is 4. The van der Waals surface area contributed by atoms with E-state index >= 15 is 0 Å². The van der Waals surface area contributed by atoms with Gasteiger partial charge in [-0.05, 0) is 23.3 Å². The topological polar surface area (TPSA) is 122 Å². The molecule has 10 heteroatoms. The Morgan fingerprint density at radius 1 is 1.00 bits per heavy atom. The highest BCUT2D eigenvalue weighted by atomic mass is 35.5. The van der Waals surface area contributed by atoms with Gasteiger partial charge in [0.1, 0.15) is 12.2 Å². The lowest BCUT2D eigenvalue weighted by Gasteiger charge is -2.27. The number of imide groups is 1.